The van der Waals surface area contributed by atoms with Crippen molar-refractivity contribution in [2.45, 2.75) is 12.8 Å². The van der Waals surface area contributed by atoms with Gasteiger partial charge in [0.2, 0.25) is 5.91 Å². The Morgan fingerprint density at radius 2 is 2.24 bits per heavy atom. The van der Waals surface area contributed by atoms with Crippen LogP contribution in [0, 0.1) is 0 Å². The van der Waals surface area contributed by atoms with E-state index in [0.29, 0.717) is 19.6 Å². The van der Waals surface area contributed by atoms with Crippen LogP contribution >= 0.6 is 24.0 Å². The van der Waals surface area contributed by atoms with Crippen molar-refractivity contribution in [3.63, 3.8) is 0 Å². The second kappa shape index (κ2) is 8.71. The molecule has 1 aromatic rings. The third kappa shape index (κ3) is 5.07. The Morgan fingerprint density at radius 1 is 1.43 bits per heavy atom. The molecule has 0 saturated carbocycles. The molecule has 0 aromatic heterocycles. The fraction of sp³-hybridized carbons (Fsp3) is 0.429. The summed E-state index contributed by atoms with van der Waals surface area (Å²) in [6, 6.07) is 5.75. The Balaban J connectivity index is 0.00000220. The molecule has 0 fully saturated rings. The number of rotatable bonds is 4. The molecule has 0 bridgehead atoms. The maximum Gasteiger partial charge on any atom is 0.224 e. The maximum atomic E-state index is 11.3. The number of aliphatic imine (C=N–C) groups is 1. The molecule has 0 radical (unpaired) electrons. The van der Waals surface area contributed by atoms with E-state index in [1.54, 1.807) is 7.05 Å². The number of aryl methyl sites for hydroxylation is 1. The van der Waals surface area contributed by atoms with Gasteiger partial charge in [-0.3, -0.25) is 9.79 Å². The van der Waals surface area contributed by atoms with Crippen molar-refractivity contribution >= 4 is 41.5 Å². The van der Waals surface area contributed by atoms with Crippen LogP contribution in [-0.4, -0.2) is 39.1 Å². The smallest absolute Gasteiger partial charge is 0.224 e. The summed E-state index contributed by atoms with van der Waals surface area (Å²) >= 11 is 0. The summed E-state index contributed by atoms with van der Waals surface area (Å²) in [5.41, 5.74) is 2.02. The molecule has 0 atom stereocenters. The van der Waals surface area contributed by atoms with Gasteiger partial charge in [-0.2, -0.15) is 0 Å². The lowest BCUT2D eigenvalue weighted by atomic mass is 10.0. The third-order valence-electron chi connectivity index (χ3n) is 3.10. The first kappa shape index (κ1) is 17.5. The number of amides is 1. The van der Waals surface area contributed by atoms with Crippen LogP contribution in [0.25, 0.3) is 0 Å². The average Bonchev–Trinajstić information content (AvgIpc) is 2.47. The number of ether oxygens (including phenoxy) is 1. The molecule has 7 heteroatoms. The van der Waals surface area contributed by atoms with E-state index in [0.717, 1.165) is 29.4 Å². The van der Waals surface area contributed by atoms with E-state index in [2.05, 4.69) is 20.9 Å². The Kier molecular flexibility index (Phi) is 7.27. The predicted molar refractivity (Wildman–Crippen MR) is 94.7 cm³/mol. The maximum absolute atomic E-state index is 11.3. The minimum atomic E-state index is 0. The fourth-order valence-electron chi connectivity index (χ4n) is 2.07. The normalized spacial score (nSPS) is 13.6. The van der Waals surface area contributed by atoms with E-state index in [9.17, 15) is 4.79 Å². The van der Waals surface area contributed by atoms with Crippen LogP contribution in [-0.2, 0) is 11.2 Å². The van der Waals surface area contributed by atoms with Gasteiger partial charge >= 0.3 is 0 Å². The van der Waals surface area contributed by atoms with Crippen molar-refractivity contribution in [1.82, 2.24) is 10.6 Å². The Hall–Kier alpha value is -1.51. The first-order valence-corrected chi connectivity index (χ1v) is 6.67. The number of halogens is 1. The van der Waals surface area contributed by atoms with Crippen LogP contribution in [0.4, 0.5) is 5.69 Å². The van der Waals surface area contributed by atoms with E-state index >= 15 is 0 Å². The quantitative estimate of drug-likeness (QED) is 0.307. The largest absolute Gasteiger partial charge is 0.492 e. The molecule has 3 N–H and O–H groups in total. The van der Waals surface area contributed by atoms with E-state index in [-0.39, 0.29) is 29.9 Å². The lowest BCUT2D eigenvalue weighted by Crippen LogP contribution is -2.37. The number of hydrogen-bond donors (Lipinski definition) is 3. The van der Waals surface area contributed by atoms with Gasteiger partial charge in [0.15, 0.2) is 5.96 Å². The van der Waals surface area contributed by atoms with E-state index in [1.807, 2.05) is 25.2 Å². The van der Waals surface area contributed by atoms with Gasteiger partial charge in [-0.15, -0.1) is 24.0 Å². The number of nitrogens with one attached hydrogen (secondary N) is 3. The minimum absolute atomic E-state index is 0. The first-order valence-electron chi connectivity index (χ1n) is 6.67. The van der Waals surface area contributed by atoms with Gasteiger partial charge < -0.3 is 20.7 Å². The average molecular weight is 404 g/mol. The molecule has 1 aliphatic heterocycles. The molecular formula is C14H21IN4O2. The van der Waals surface area contributed by atoms with E-state index < -0.39 is 0 Å². The van der Waals surface area contributed by atoms with Gasteiger partial charge in [-0.25, -0.2) is 0 Å². The summed E-state index contributed by atoms with van der Waals surface area (Å²) < 4.78 is 5.68. The van der Waals surface area contributed by atoms with Gasteiger partial charge in [-0.05, 0) is 30.2 Å². The molecule has 6 nitrogen and oxygen atoms in total. The van der Waals surface area contributed by atoms with Crippen molar-refractivity contribution in [1.29, 1.82) is 0 Å². The molecular weight excluding hydrogens is 383 g/mol. The number of nitrogens with zero attached hydrogens (tertiary/aromatic N) is 1. The lowest BCUT2D eigenvalue weighted by molar-refractivity contribution is -0.116. The topological polar surface area (TPSA) is 74.8 Å². The van der Waals surface area contributed by atoms with Crippen LogP contribution < -0.4 is 20.7 Å². The molecule has 1 aliphatic rings. The number of hydrogen-bond acceptors (Lipinski definition) is 3. The molecule has 2 rings (SSSR count). The molecule has 116 valence electrons. The summed E-state index contributed by atoms with van der Waals surface area (Å²) in [7, 11) is 3.53. The Labute approximate surface area is 141 Å². The summed E-state index contributed by atoms with van der Waals surface area (Å²) in [5.74, 6) is 1.64. The molecule has 0 spiro atoms. The zero-order valence-electron chi connectivity index (χ0n) is 12.2. The Bertz CT molecular complexity index is 520. The molecule has 0 aliphatic carbocycles. The van der Waals surface area contributed by atoms with Crippen LogP contribution in [0.2, 0.25) is 0 Å². The monoisotopic (exact) mass is 404 g/mol. The number of carbonyl (C=O) groups is 1. The van der Waals surface area contributed by atoms with Gasteiger partial charge in [0.1, 0.15) is 12.4 Å². The zero-order chi connectivity index (χ0) is 14.4. The van der Waals surface area contributed by atoms with Gasteiger partial charge in [0.25, 0.3) is 0 Å². The van der Waals surface area contributed by atoms with Crippen molar-refractivity contribution in [2.24, 2.45) is 4.99 Å². The first-order chi connectivity index (χ1) is 9.72. The van der Waals surface area contributed by atoms with Gasteiger partial charge in [0, 0.05) is 26.2 Å². The van der Waals surface area contributed by atoms with E-state index in [4.69, 9.17) is 4.74 Å². The highest BCUT2D eigenvalue weighted by Gasteiger charge is 2.14. The highest BCUT2D eigenvalue weighted by Crippen LogP contribution is 2.26. The number of benzene rings is 1. The Morgan fingerprint density at radius 3 is 2.95 bits per heavy atom. The van der Waals surface area contributed by atoms with E-state index in [1.165, 1.54) is 0 Å². The second-order valence-corrected chi connectivity index (χ2v) is 4.46. The van der Waals surface area contributed by atoms with Crippen LogP contribution in [0.1, 0.15) is 12.0 Å². The summed E-state index contributed by atoms with van der Waals surface area (Å²) in [6.45, 7) is 1.22. The lowest BCUT2D eigenvalue weighted by Gasteiger charge is -2.17. The van der Waals surface area contributed by atoms with Crippen LogP contribution in [0.15, 0.2) is 23.2 Å². The van der Waals surface area contributed by atoms with Gasteiger partial charge in [0.05, 0.1) is 6.54 Å². The van der Waals surface area contributed by atoms with Crippen LogP contribution in [0.3, 0.4) is 0 Å². The summed E-state index contributed by atoms with van der Waals surface area (Å²) in [5, 5.41) is 8.91. The van der Waals surface area contributed by atoms with Crippen molar-refractivity contribution in [2.75, 3.05) is 32.6 Å². The molecule has 0 unspecified atom stereocenters. The standard InChI is InChI=1S/C14H20N4O2.HI/c1-15-14(16-2)17-7-8-20-11-4-5-12-10(9-11)3-6-13(19)18-12;/h4-5,9H,3,6-8H2,1-2H3,(H,18,19)(H2,15,16,17);1H. The number of fused-ring (bicyclic) bond motifs is 1. The van der Waals surface area contributed by atoms with Crippen LogP contribution in [0.5, 0.6) is 5.75 Å². The van der Waals surface area contributed by atoms with Crippen molar-refractivity contribution in [3.05, 3.63) is 23.8 Å². The summed E-state index contributed by atoms with van der Waals surface area (Å²) in [6.07, 6.45) is 1.31. The number of guanidine groups is 1. The van der Waals surface area contributed by atoms with Crippen molar-refractivity contribution < 1.29 is 9.53 Å². The third-order valence-corrected chi connectivity index (χ3v) is 3.10. The SMILES string of the molecule is CN=C(NC)NCCOc1ccc2c(c1)CCC(=O)N2.I. The molecule has 1 amide bonds. The highest BCUT2D eigenvalue weighted by molar-refractivity contribution is 14.0. The molecule has 21 heavy (non-hydrogen) atoms. The molecule has 1 heterocycles. The fourth-order valence-corrected chi connectivity index (χ4v) is 2.07. The van der Waals surface area contributed by atoms with Crippen molar-refractivity contribution in [3.8, 4) is 5.75 Å². The highest BCUT2D eigenvalue weighted by atomic mass is 127. The predicted octanol–water partition coefficient (Wildman–Crippen LogP) is 1.36. The number of anilines is 1. The minimum Gasteiger partial charge on any atom is -0.492 e. The second-order valence-electron chi connectivity index (χ2n) is 4.46. The van der Waals surface area contributed by atoms with Gasteiger partial charge in [-0.1, -0.05) is 0 Å². The molecule has 0 saturated heterocycles. The summed E-state index contributed by atoms with van der Waals surface area (Å²) in [4.78, 5) is 15.3. The number of carbonyl (C=O) groups excluding carboxylic acids is 1. The zero-order valence-corrected chi connectivity index (χ0v) is 14.6. The molecule has 1 aromatic carbocycles.